The van der Waals surface area contributed by atoms with Crippen LogP contribution >= 0.6 is 15.9 Å². The number of nitrogens with one attached hydrogen (secondary N) is 1. The fourth-order valence-corrected chi connectivity index (χ4v) is 2.27. The van der Waals surface area contributed by atoms with Crippen LogP contribution in [0, 0.1) is 6.92 Å². The number of fused-ring (bicyclic) bond motifs is 1. The van der Waals surface area contributed by atoms with E-state index in [1.54, 1.807) is 0 Å². The first-order chi connectivity index (χ1) is 9.72. The van der Waals surface area contributed by atoms with Gasteiger partial charge in [0.1, 0.15) is 0 Å². The first kappa shape index (κ1) is 13.1. The monoisotopic (exact) mass is 327 g/mol. The van der Waals surface area contributed by atoms with Crippen LogP contribution in [0.3, 0.4) is 0 Å². The van der Waals surface area contributed by atoms with Crippen molar-refractivity contribution >= 4 is 32.7 Å². The maximum absolute atomic E-state index is 4.60. The first-order valence-corrected chi connectivity index (χ1v) is 7.22. The summed E-state index contributed by atoms with van der Waals surface area (Å²) >= 11 is 3.50. The van der Waals surface area contributed by atoms with Crippen molar-refractivity contribution in [2.75, 3.05) is 5.32 Å². The molecule has 20 heavy (non-hydrogen) atoms. The van der Waals surface area contributed by atoms with Gasteiger partial charge in [0.25, 0.3) is 0 Å². The molecule has 1 heterocycles. The smallest absolute Gasteiger partial charge is 0.0890 e. The van der Waals surface area contributed by atoms with Crippen LogP contribution in [0.2, 0.25) is 0 Å². The molecule has 2 aromatic carbocycles. The van der Waals surface area contributed by atoms with Gasteiger partial charge in [0.15, 0.2) is 0 Å². The summed E-state index contributed by atoms with van der Waals surface area (Å²) in [7, 11) is 0. The second kappa shape index (κ2) is 5.59. The average molecular weight is 328 g/mol. The van der Waals surface area contributed by atoms with Gasteiger partial charge in [-0.1, -0.05) is 28.1 Å². The van der Waals surface area contributed by atoms with Gasteiger partial charge >= 0.3 is 0 Å². The van der Waals surface area contributed by atoms with E-state index in [0.29, 0.717) is 6.54 Å². The SMILES string of the molecule is Cc1cc(NCc2cnc3ccccc3n2)ccc1Br. The van der Waals surface area contributed by atoms with Crippen molar-refractivity contribution in [3.05, 3.63) is 64.4 Å². The largest absolute Gasteiger partial charge is 0.379 e. The van der Waals surface area contributed by atoms with Gasteiger partial charge in [-0.15, -0.1) is 0 Å². The number of aromatic nitrogens is 2. The molecule has 100 valence electrons. The predicted octanol–water partition coefficient (Wildman–Crippen LogP) is 4.31. The lowest BCUT2D eigenvalue weighted by molar-refractivity contribution is 1.04. The van der Waals surface area contributed by atoms with Crippen LogP contribution in [0.1, 0.15) is 11.3 Å². The number of halogens is 1. The average Bonchev–Trinajstić information content (AvgIpc) is 2.48. The standard InChI is InChI=1S/C16H14BrN3/c1-11-8-12(6-7-14(11)17)18-9-13-10-19-15-4-2-3-5-16(15)20-13/h2-8,10,18H,9H2,1H3. The van der Waals surface area contributed by atoms with Crippen LogP contribution in [0.4, 0.5) is 5.69 Å². The minimum absolute atomic E-state index is 0.666. The molecule has 0 bridgehead atoms. The van der Waals surface area contributed by atoms with Crippen LogP contribution in [-0.4, -0.2) is 9.97 Å². The molecule has 4 heteroatoms. The Balaban J connectivity index is 1.77. The molecule has 0 saturated carbocycles. The molecule has 0 fully saturated rings. The Bertz CT molecular complexity index is 756. The van der Waals surface area contributed by atoms with Gasteiger partial charge in [-0.25, -0.2) is 4.98 Å². The number of anilines is 1. The van der Waals surface area contributed by atoms with E-state index in [2.05, 4.69) is 44.2 Å². The fourth-order valence-electron chi connectivity index (χ4n) is 2.03. The third-order valence-electron chi connectivity index (χ3n) is 3.13. The van der Waals surface area contributed by atoms with E-state index in [-0.39, 0.29) is 0 Å². The summed E-state index contributed by atoms with van der Waals surface area (Å²) in [6.07, 6.45) is 1.82. The summed E-state index contributed by atoms with van der Waals surface area (Å²) in [6, 6.07) is 14.1. The molecule has 0 saturated heterocycles. The molecule has 0 aliphatic rings. The molecule has 0 unspecified atom stereocenters. The molecule has 0 aliphatic heterocycles. The number of hydrogen-bond donors (Lipinski definition) is 1. The van der Waals surface area contributed by atoms with E-state index in [4.69, 9.17) is 0 Å². The maximum Gasteiger partial charge on any atom is 0.0890 e. The van der Waals surface area contributed by atoms with E-state index in [1.807, 2.05) is 42.6 Å². The number of para-hydroxylation sites is 2. The van der Waals surface area contributed by atoms with Crippen LogP contribution in [-0.2, 0) is 6.54 Å². The van der Waals surface area contributed by atoms with Gasteiger partial charge in [-0.05, 0) is 42.8 Å². The third-order valence-corrected chi connectivity index (χ3v) is 4.02. The van der Waals surface area contributed by atoms with Crippen LogP contribution < -0.4 is 5.32 Å². The number of benzene rings is 2. The predicted molar refractivity (Wildman–Crippen MR) is 85.7 cm³/mol. The topological polar surface area (TPSA) is 37.8 Å². The van der Waals surface area contributed by atoms with Gasteiger partial charge in [-0.2, -0.15) is 0 Å². The van der Waals surface area contributed by atoms with E-state index in [0.717, 1.165) is 26.9 Å². The molecule has 0 amide bonds. The van der Waals surface area contributed by atoms with Crippen molar-refractivity contribution in [3.63, 3.8) is 0 Å². The molecule has 3 nitrogen and oxygen atoms in total. The zero-order valence-electron chi connectivity index (χ0n) is 11.1. The summed E-state index contributed by atoms with van der Waals surface area (Å²) < 4.78 is 1.12. The van der Waals surface area contributed by atoms with E-state index >= 15 is 0 Å². The Morgan fingerprint density at radius 3 is 2.70 bits per heavy atom. The number of nitrogens with zero attached hydrogens (tertiary/aromatic N) is 2. The van der Waals surface area contributed by atoms with Gasteiger partial charge in [0.05, 0.1) is 29.5 Å². The molecule has 0 spiro atoms. The second-order valence-corrected chi connectivity index (χ2v) is 5.52. The van der Waals surface area contributed by atoms with Gasteiger partial charge in [0, 0.05) is 10.2 Å². The first-order valence-electron chi connectivity index (χ1n) is 6.43. The molecule has 1 N–H and O–H groups in total. The molecule has 0 aliphatic carbocycles. The summed E-state index contributed by atoms with van der Waals surface area (Å²) in [6.45, 7) is 2.74. The molecule has 0 atom stereocenters. The zero-order valence-corrected chi connectivity index (χ0v) is 12.7. The lowest BCUT2D eigenvalue weighted by Crippen LogP contribution is -2.02. The minimum Gasteiger partial charge on any atom is -0.379 e. The molecule has 3 aromatic rings. The highest BCUT2D eigenvalue weighted by Gasteiger charge is 2.01. The number of rotatable bonds is 3. The quantitative estimate of drug-likeness (QED) is 0.778. The Hall–Kier alpha value is -1.94. The zero-order chi connectivity index (χ0) is 13.9. The summed E-state index contributed by atoms with van der Waals surface area (Å²) in [5.74, 6) is 0. The summed E-state index contributed by atoms with van der Waals surface area (Å²) in [4.78, 5) is 9.01. The Labute approximate surface area is 126 Å². The Morgan fingerprint density at radius 1 is 1.10 bits per heavy atom. The number of aryl methyl sites for hydroxylation is 1. The lowest BCUT2D eigenvalue weighted by atomic mass is 10.2. The van der Waals surface area contributed by atoms with E-state index < -0.39 is 0 Å². The molecular formula is C16H14BrN3. The molecule has 1 aromatic heterocycles. The van der Waals surface area contributed by atoms with Crippen molar-refractivity contribution in [2.24, 2.45) is 0 Å². The highest BCUT2D eigenvalue weighted by Crippen LogP contribution is 2.20. The third kappa shape index (κ3) is 2.80. The van der Waals surface area contributed by atoms with Crippen LogP contribution in [0.15, 0.2) is 53.1 Å². The van der Waals surface area contributed by atoms with Gasteiger partial charge in [-0.3, -0.25) is 4.98 Å². The normalized spacial score (nSPS) is 10.7. The van der Waals surface area contributed by atoms with Crippen molar-refractivity contribution in [2.45, 2.75) is 13.5 Å². The Morgan fingerprint density at radius 2 is 1.90 bits per heavy atom. The van der Waals surface area contributed by atoms with Crippen molar-refractivity contribution in [3.8, 4) is 0 Å². The minimum atomic E-state index is 0.666. The van der Waals surface area contributed by atoms with Crippen LogP contribution in [0.5, 0.6) is 0 Å². The molecule has 3 rings (SSSR count). The van der Waals surface area contributed by atoms with Crippen molar-refractivity contribution in [1.82, 2.24) is 9.97 Å². The van der Waals surface area contributed by atoms with E-state index in [9.17, 15) is 0 Å². The van der Waals surface area contributed by atoms with Crippen LogP contribution in [0.25, 0.3) is 11.0 Å². The highest BCUT2D eigenvalue weighted by atomic mass is 79.9. The second-order valence-electron chi connectivity index (χ2n) is 4.67. The Kier molecular flexibility index (Phi) is 3.65. The van der Waals surface area contributed by atoms with Gasteiger partial charge in [0.2, 0.25) is 0 Å². The van der Waals surface area contributed by atoms with Gasteiger partial charge < -0.3 is 5.32 Å². The maximum atomic E-state index is 4.60. The highest BCUT2D eigenvalue weighted by molar-refractivity contribution is 9.10. The number of hydrogen-bond acceptors (Lipinski definition) is 3. The molecule has 0 radical (unpaired) electrons. The lowest BCUT2D eigenvalue weighted by Gasteiger charge is -2.08. The fraction of sp³-hybridized carbons (Fsp3) is 0.125. The summed E-state index contributed by atoms with van der Waals surface area (Å²) in [5, 5.41) is 3.37. The summed E-state index contributed by atoms with van der Waals surface area (Å²) in [5.41, 5.74) is 5.08. The molecular weight excluding hydrogens is 314 g/mol. The van der Waals surface area contributed by atoms with Crippen molar-refractivity contribution < 1.29 is 0 Å². The van der Waals surface area contributed by atoms with E-state index in [1.165, 1.54) is 5.56 Å². The van der Waals surface area contributed by atoms with Crippen molar-refractivity contribution in [1.29, 1.82) is 0 Å².